The lowest BCUT2D eigenvalue weighted by molar-refractivity contribution is -0.134. The average molecular weight is 196 g/mol. The number of aliphatic hydroxyl groups excluding tert-OH is 1. The predicted molar refractivity (Wildman–Crippen MR) is 49.0 cm³/mol. The van der Waals surface area contributed by atoms with Crippen LogP contribution in [0.4, 0.5) is 4.39 Å². The van der Waals surface area contributed by atoms with Gasteiger partial charge in [-0.2, -0.15) is 0 Å². The molecule has 0 unspecified atom stereocenters. The summed E-state index contributed by atoms with van der Waals surface area (Å²) >= 11 is 0. The topological polar surface area (TPSA) is 46.5 Å². The van der Waals surface area contributed by atoms with Gasteiger partial charge in [-0.05, 0) is 12.1 Å². The molecular weight excluding hydrogens is 187 g/mol. The summed E-state index contributed by atoms with van der Waals surface area (Å²) in [5, 5.41) is 9.34. The maximum absolute atomic E-state index is 12.7. The van der Waals surface area contributed by atoms with Crippen molar-refractivity contribution in [3.8, 4) is 0 Å². The molecule has 0 aliphatic rings. The predicted octanol–water partition coefficient (Wildman–Crippen LogP) is 1.90. The SMILES string of the molecule is COC(=O)C=C(O)c1cccc(F)c1. The fourth-order valence-electron chi connectivity index (χ4n) is 0.902. The maximum atomic E-state index is 12.7. The van der Waals surface area contributed by atoms with E-state index in [1.165, 1.54) is 25.3 Å². The fraction of sp³-hybridized carbons (Fsp3) is 0.100. The lowest BCUT2D eigenvalue weighted by atomic mass is 10.2. The summed E-state index contributed by atoms with van der Waals surface area (Å²) in [6, 6.07) is 5.29. The zero-order valence-corrected chi connectivity index (χ0v) is 7.53. The number of carbonyl (C=O) groups is 1. The van der Waals surface area contributed by atoms with Crippen molar-refractivity contribution in [1.29, 1.82) is 0 Å². The average Bonchev–Trinajstić information content (AvgIpc) is 2.17. The number of hydrogen-bond donors (Lipinski definition) is 1. The van der Waals surface area contributed by atoms with Crippen LogP contribution in [0.15, 0.2) is 30.3 Å². The van der Waals surface area contributed by atoms with Crippen LogP contribution in [-0.2, 0) is 9.53 Å². The second-order valence-electron chi connectivity index (χ2n) is 2.56. The molecule has 1 aromatic rings. The van der Waals surface area contributed by atoms with Gasteiger partial charge in [0.25, 0.3) is 0 Å². The summed E-state index contributed by atoms with van der Waals surface area (Å²) in [7, 11) is 1.19. The standard InChI is InChI=1S/C10H9FO3/c1-14-10(13)6-9(12)7-3-2-4-8(11)5-7/h2-6,12H,1H3. The molecule has 0 atom stereocenters. The van der Waals surface area contributed by atoms with Crippen LogP contribution in [0.5, 0.6) is 0 Å². The zero-order valence-electron chi connectivity index (χ0n) is 7.53. The number of hydrogen-bond acceptors (Lipinski definition) is 3. The molecule has 0 radical (unpaired) electrons. The lowest BCUT2D eigenvalue weighted by Crippen LogP contribution is -1.96. The zero-order chi connectivity index (χ0) is 10.6. The summed E-state index contributed by atoms with van der Waals surface area (Å²) in [6.07, 6.45) is 0.884. The van der Waals surface area contributed by atoms with Crippen LogP contribution in [0.25, 0.3) is 5.76 Å². The van der Waals surface area contributed by atoms with Crippen LogP contribution in [0.2, 0.25) is 0 Å². The van der Waals surface area contributed by atoms with E-state index in [1.54, 1.807) is 0 Å². The number of benzene rings is 1. The fourth-order valence-corrected chi connectivity index (χ4v) is 0.902. The maximum Gasteiger partial charge on any atom is 0.334 e. The van der Waals surface area contributed by atoms with Gasteiger partial charge in [-0.3, -0.25) is 0 Å². The molecule has 1 aromatic carbocycles. The molecule has 0 saturated heterocycles. The summed E-state index contributed by atoms with van der Waals surface area (Å²) < 4.78 is 17.0. The number of esters is 1. The second-order valence-corrected chi connectivity index (χ2v) is 2.56. The van der Waals surface area contributed by atoms with E-state index in [-0.39, 0.29) is 11.3 Å². The third-order valence-corrected chi connectivity index (χ3v) is 1.58. The second kappa shape index (κ2) is 4.41. The molecule has 0 aromatic heterocycles. The third-order valence-electron chi connectivity index (χ3n) is 1.58. The molecule has 0 heterocycles. The first-order valence-corrected chi connectivity index (χ1v) is 3.88. The van der Waals surface area contributed by atoms with Crippen LogP contribution >= 0.6 is 0 Å². The molecule has 1 rings (SSSR count). The van der Waals surface area contributed by atoms with Crippen molar-refractivity contribution >= 4 is 11.7 Å². The van der Waals surface area contributed by atoms with E-state index < -0.39 is 11.8 Å². The van der Waals surface area contributed by atoms with Crippen molar-refractivity contribution in [2.75, 3.05) is 7.11 Å². The van der Waals surface area contributed by atoms with Crippen molar-refractivity contribution in [1.82, 2.24) is 0 Å². The molecule has 3 nitrogen and oxygen atoms in total. The molecule has 14 heavy (non-hydrogen) atoms. The van der Waals surface area contributed by atoms with Gasteiger partial charge >= 0.3 is 5.97 Å². The Bertz CT molecular complexity index is 371. The minimum Gasteiger partial charge on any atom is -0.507 e. The van der Waals surface area contributed by atoms with Crippen LogP contribution in [-0.4, -0.2) is 18.2 Å². The number of methoxy groups -OCH3 is 1. The van der Waals surface area contributed by atoms with Crippen molar-refractivity contribution in [2.24, 2.45) is 0 Å². The third kappa shape index (κ3) is 2.58. The van der Waals surface area contributed by atoms with Crippen LogP contribution in [0.3, 0.4) is 0 Å². The van der Waals surface area contributed by atoms with Gasteiger partial charge < -0.3 is 9.84 Å². The van der Waals surface area contributed by atoms with E-state index in [0.717, 1.165) is 12.1 Å². The number of rotatable bonds is 2. The Morgan fingerprint density at radius 2 is 2.29 bits per heavy atom. The Morgan fingerprint density at radius 3 is 2.86 bits per heavy atom. The van der Waals surface area contributed by atoms with E-state index in [2.05, 4.69) is 4.74 Å². The highest BCUT2D eigenvalue weighted by Crippen LogP contribution is 2.12. The summed E-state index contributed by atoms with van der Waals surface area (Å²) in [6.45, 7) is 0. The molecule has 0 aliphatic carbocycles. The minimum absolute atomic E-state index is 0.232. The lowest BCUT2D eigenvalue weighted by Gasteiger charge is -1.99. The normalized spacial score (nSPS) is 11.1. The molecule has 0 saturated carbocycles. The highest BCUT2D eigenvalue weighted by molar-refractivity contribution is 5.89. The number of ether oxygens (including phenoxy) is 1. The molecule has 4 heteroatoms. The van der Waals surface area contributed by atoms with Gasteiger partial charge in [0.2, 0.25) is 0 Å². The molecule has 0 bridgehead atoms. The van der Waals surface area contributed by atoms with Gasteiger partial charge in [0.05, 0.1) is 13.2 Å². The number of aliphatic hydroxyl groups is 1. The molecule has 0 spiro atoms. The largest absolute Gasteiger partial charge is 0.507 e. The first kappa shape index (κ1) is 10.2. The van der Waals surface area contributed by atoms with Gasteiger partial charge in [0.1, 0.15) is 11.6 Å². The molecule has 74 valence electrons. The highest BCUT2D eigenvalue weighted by Gasteiger charge is 2.03. The van der Waals surface area contributed by atoms with Gasteiger partial charge in [-0.1, -0.05) is 12.1 Å². The van der Waals surface area contributed by atoms with E-state index in [4.69, 9.17) is 0 Å². The Kier molecular flexibility index (Phi) is 3.23. The van der Waals surface area contributed by atoms with Gasteiger partial charge in [-0.25, -0.2) is 9.18 Å². The smallest absolute Gasteiger partial charge is 0.334 e. The molecule has 0 fully saturated rings. The Labute approximate surface area is 80.4 Å². The summed E-state index contributed by atoms with van der Waals surface area (Å²) in [4.78, 5) is 10.7. The highest BCUT2D eigenvalue weighted by atomic mass is 19.1. The summed E-state index contributed by atoms with van der Waals surface area (Å²) in [5.41, 5.74) is 0.232. The summed E-state index contributed by atoms with van der Waals surface area (Å²) in [5.74, 6) is -1.49. The van der Waals surface area contributed by atoms with Crippen LogP contribution < -0.4 is 0 Å². The Morgan fingerprint density at radius 1 is 1.57 bits per heavy atom. The van der Waals surface area contributed by atoms with Gasteiger partial charge in [0, 0.05) is 5.56 Å². The van der Waals surface area contributed by atoms with Crippen LogP contribution in [0, 0.1) is 5.82 Å². The van der Waals surface area contributed by atoms with Crippen molar-refractivity contribution in [2.45, 2.75) is 0 Å². The first-order chi connectivity index (χ1) is 6.63. The van der Waals surface area contributed by atoms with Crippen molar-refractivity contribution in [3.05, 3.63) is 41.7 Å². The van der Waals surface area contributed by atoms with E-state index in [9.17, 15) is 14.3 Å². The Hall–Kier alpha value is -1.84. The van der Waals surface area contributed by atoms with E-state index in [0.29, 0.717) is 0 Å². The Balaban J connectivity index is 2.94. The van der Waals surface area contributed by atoms with Crippen molar-refractivity contribution in [3.63, 3.8) is 0 Å². The van der Waals surface area contributed by atoms with Gasteiger partial charge in [0.15, 0.2) is 0 Å². The van der Waals surface area contributed by atoms with E-state index >= 15 is 0 Å². The van der Waals surface area contributed by atoms with Gasteiger partial charge in [-0.15, -0.1) is 0 Å². The minimum atomic E-state index is -0.688. The first-order valence-electron chi connectivity index (χ1n) is 3.88. The number of carbonyl (C=O) groups excluding carboxylic acids is 1. The molecular formula is C10H9FO3. The van der Waals surface area contributed by atoms with E-state index in [1.807, 2.05) is 0 Å². The van der Waals surface area contributed by atoms with Crippen molar-refractivity contribution < 1.29 is 19.0 Å². The quantitative estimate of drug-likeness (QED) is 0.446. The molecule has 0 amide bonds. The molecule has 0 aliphatic heterocycles. The monoisotopic (exact) mass is 196 g/mol. The molecule has 1 N–H and O–H groups in total. The van der Waals surface area contributed by atoms with Crippen LogP contribution in [0.1, 0.15) is 5.56 Å². The number of halogens is 1.